The van der Waals surface area contributed by atoms with E-state index in [1.54, 1.807) is 0 Å². The second-order valence-electron chi connectivity index (χ2n) is 6.51. The fraction of sp³-hybridized carbons (Fsp3) is 0.217. The van der Waals surface area contributed by atoms with Crippen molar-refractivity contribution in [3.05, 3.63) is 90.5 Å². The van der Waals surface area contributed by atoms with E-state index >= 15 is 0 Å². The zero-order valence-electron chi connectivity index (χ0n) is 16.2. The number of benzene rings is 3. The molecule has 0 spiro atoms. The largest absolute Gasteiger partial charge is 2.00 e. The molecule has 0 saturated heterocycles. The second-order valence-corrected chi connectivity index (χ2v) is 12.2. The van der Waals surface area contributed by atoms with Crippen LogP contribution in [0.5, 0.6) is 0 Å². The van der Waals surface area contributed by atoms with Gasteiger partial charge >= 0.3 is 19.5 Å². The van der Waals surface area contributed by atoms with Gasteiger partial charge in [-0.2, -0.15) is 0 Å². The van der Waals surface area contributed by atoms with Crippen molar-refractivity contribution in [2.24, 2.45) is 0 Å². The molecule has 6 heteroatoms. The molecule has 3 aromatic rings. The van der Waals surface area contributed by atoms with Gasteiger partial charge < -0.3 is 5.32 Å². The molecule has 0 aromatic heterocycles. The van der Waals surface area contributed by atoms with Gasteiger partial charge in [0.05, 0.1) is 0 Å². The van der Waals surface area contributed by atoms with Crippen LogP contribution in [0.4, 0.5) is 0 Å². The Morgan fingerprint density at radius 1 is 0.828 bits per heavy atom. The van der Waals surface area contributed by atoms with Crippen molar-refractivity contribution in [3.8, 4) is 0 Å². The molecule has 0 saturated carbocycles. The smallest absolute Gasteiger partial charge is 0.313 e. The van der Waals surface area contributed by atoms with Gasteiger partial charge in [0.25, 0.3) is 0 Å². The molecule has 0 aliphatic heterocycles. The first-order valence-corrected chi connectivity index (χ1v) is 12.3. The van der Waals surface area contributed by atoms with Crippen LogP contribution in [0.25, 0.3) is 0 Å². The summed E-state index contributed by atoms with van der Waals surface area (Å²) in [6.45, 7) is 3.50. The monoisotopic (exact) mass is 549 g/mol. The molecule has 3 rings (SSSR count). The molecule has 1 nitrogen and oxygen atoms in total. The molecule has 3 aromatic carbocycles. The van der Waals surface area contributed by atoms with E-state index in [-0.39, 0.29) is 19.5 Å². The summed E-state index contributed by atoms with van der Waals surface area (Å²) >= 11 is 15.7. The Bertz CT molecular complexity index is 808. The minimum atomic E-state index is -0.901. The maximum atomic E-state index is 6.91. The van der Waals surface area contributed by atoms with Crippen LogP contribution in [0.15, 0.2) is 89.8 Å². The number of aryl methyl sites for hydroxylation is 1. The van der Waals surface area contributed by atoms with Crippen LogP contribution < -0.4 is 15.9 Å². The van der Waals surface area contributed by atoms with E-state index in [1.807, 2.05) is 48.2 Å². The van der Waals surface area contributed by atoms with Gasteiger partial charge in [0.1, 0.15) is 0 Å². The quantitative estimate of drug-likeness (QED) is 0.117. The molecule has 0 radical (unpaired) electrons. The van der Waals surface area contributed by atoms with Crippen molar-refractivity contribution in [3.63, 3.8) is 0 Å². The van der Waals surface area contributed by atoms with Crippen LogP contribution in [0.2, 0.25) is 0 Å². The maximum Gasteiger partial charge on any atom is 2.00 e. The minimum Gasteiger partial charge on any atom is -0.313 e. The third-order valence-corrected chi connectivity index (χ3v) is 9.00. The number of thioether (sulfide) groups is 1. The number of rotatable bonds is 9. The molecule has 0 heterocycles. The van der Waals surface area contributed by atoms with Crippen LogP contribution in [-0.4, -0.2) is 22.9 Å². The third-order valence-electron chi connectivity index (χ3n) is 4.26. The first-order valence-electron chi connectivity index (χ1n) is 9.24. The molecule has 0 aliphatic rings. The van der Waals surface area contributed by atoms with Gasteiger partial charge in [-0.1, -0.05) is 102 Å². The normalized spacial score (nSPS) is 11.3. The van der Waals surface area contributed by atoms with Crippen LogP contribution in [-0.2, 0) is 19.5 Å². The van der Waals surface area contributed by atoms with Crippen LogP contribution in [0.1, 0.15) is 5.56 Å². The number of alkyl halides is 2. The van der Waals surface area contributed by atoms with Gasteiger partial charge in [0.2, 0.25) is 0 Å². The van der Waals surface area contributed by atoms with E-state index in [4.69, 9.17) is 23.2 Å². The summed E-state index contributed by atoms with van der Waals surface area (Å²) in [5, 5.41) is 5.83. The fourth-order valence-electron chi connectivity index (χ4n) is 2.87. The predicted octanol–water partition coefficient (Wildman–Crippen LogP) is 5.94. The molecule has 152 valence electrons. The SMILES string of the molecule is Cc1ccc(SCCNCC(Cl)(Cl)P(c2ccccc2)c2ccccc2)cc1.[Ru+2]. The van der Waals surface area contributed by atoms with Crippen LogP contribution in [0, 0.1) is 6.92 Å². The Balaban J connectivity index is 0.00000300. The minimum absolute atomic E-state index is 0. The average molecular weight is 549 g/mol. The van der Waals surface area contributed by atoms with E-state index < -0.39 is 12.0 Å². The molecule has 0 bridgehead atoms. The number of hydrogen-bond donors (Lipinski definition) is 1. The maximum absolute atomic E-state index is 6.91. The van der Waals surface area contributed by atoms with E-state index in [0.717, 1.165) is 12.3 Å². The first kappa shape index (κ1) is 24.9. The zero-order chi connectivity index (χ0) is 19.8. The average Bonchev–Trinajstić information content (AvgIpc) is 2.71. The summed E-state index contributed by atoms with van der Waals surface area (Å²) in [6.07, 6.45) is 0. The molecule has 0 aliphatic carbocycles. The van der Waals surface area contributed by atoms with Gasteiger partial charge in [-0.3, -0.25) is 0 Å². The fourth-order valence-corrected chi connectivity index (χ4v) is 7.31. The van der Waals surface area contributed by atoms with Crippen LogP contribution >= 0.6 is 42.9 Å². The van der Waals surface area contributed by atoms with Gasteiger partial charge in [0, 0.05) is 23.7 Å². The van der Waals surface area contributed by atoms with Gasteiger partial charge in [-0.05, 0) is 37.6 Å². The van der Waals surface area contributed by atoms with Crippen molar-refractivity contribution < 1.29 is 19.5 Å². The molecule has 1 N–H and O–H groups in total. The van der Waals surface area contributed by atoms with Crippen molar-refractivity contribution in [2.45, 2.75) is 15.9 Å². The Morgan fingerprint density at radius 3 is 1.86 bits per heavy atom. The summed E-state index contributed by atoms with van der Waals surface area (Å²) in [4.78, 5) is 1.28. The zero-order valence-corrected chi connectivity index (χ0v) is 21.1. The number of nitrogens with one attached hydrogen (secondary N) is 1. The molecule has 0 atom stereocenters. The first-order chi connectivity index (χ1) is 13.6. The van der Waals surface area contributed by atoms with E-state index in [0.29, 0.717) is 6.54 Å². The van der Waals surface area contributed by atoms with E-state index in [1.165, 1.54) is 21.1 Å². The van der Waals surface area contributed by atoms with Gasteiger partial charge in [-0.15, -0.1) is 11.8 Å². The Kier molecular flexibility index (Phi) is 10.7. The predicted molar refractivity (Wildman–Crippen MR) is 128 cm³/mol. The summed E-state index contributed by atoms with van der Waals surface area (Å²) in [6, 6.07) is 29.3. The van der Waals surface area contributed by atoms with E-state index in [9.17, 15) is 0 Å². The number of halogens is 2. The third kappa shape index (κ3) is 7.66. The Labute approximate surface area is 202 Å². The van der Waals surface area contributed by atoms with Crippen molar-refractivity contribution in [1.82, 2.24) is 5.32 Å². The van der Waals surface area contributed by atoms with Gasteiger partial charge in [-0.25, -0.2) is 0 Å². The molecule has 0 fully saturated rings. The molecule has 0 unspecified atom stereocenters. The standard InChI is InChI=1S/C23H24Cl2NPS.Ru/c1-19-12-14-22(15-13-19)28-17-16-26-18-23(24,25)27(20-8-4-2-5-9-20)21-10-6-3-7-11-21;/h2-15,26H,16-18H2,1H3;/q;+2. The van der Waals surface area contributed by atoms with E-state index in [2.05, 4.69) is 60.8 Å². The topological polar surface area (TPSA) is 12.0 Å². The molecule has 0 amide bonds. The molecule has 29 heavy (non-hydrogen) atoms. The number of hydrogen-bond acceptors (Lipinski definition) is 2. The van der Waals surface area contributed by atoms with Crippen molar-refractivity contribution >= 4 is 53.5 Å². The summed E-state index contributed by atoms with van der Waals surface area (Å²) in [5.41, 5.74) is 1.28. The van der Waals surface area contributed by atoms with Gasteiger partial charge in [0.15, 0.2) is 4.07 Å². The van der Waals surface area contributed by atoms with Crippen molar-refractivity contribution in [2.75, 3.05) is 18.8 Å². The summed E-state index contributed by atoms with van der Waals surface area (Å²) in [7, 11) is -0.901. The molecular formula is C23H24Cl2NPRuS+2. The molecular weight excluding hydrogens is 525 g/mol. The van der Waals surface area contributed by atoms with Crippen LogP contribution in [0.3, 0.4) is 0 Å². The summed E-state index contributed by atoms with van der Waals surface area (Å²) < 4.78 is -0.882. The second kappa shape index (κ2) is 12.5. The van der Waals surface area contributed by atoms with Crippen molar-refractivity contribution in [1.29, 1.82) is 0 Å². The summed E-state index contributed by atoms with van der Waals surface area (Å²) in [5.74, 6) is 0.974. The Morgan fingerprint density at radius 2 is 1.34 bits per heavy atom. The Hall–Kier alpha value is -0.397.